The number of anilines is 1. The summed E-state index contributed by atoms with van der Waals surface area (Å²) in [6, 6.07) is 11.2. The Labute approximate surface area is 192 Å². The highest BCUT2D eigenvalue weighted by Gasteiger charge is 2.37. The number of amides is 4. The van der Waals surface area contributed by atoms with Crippen LogP contribution in [0.2, 0.25) is 5.02 Å². The molecule has 1 aliphatic rings. The number of halogens is 1. The fourth-order valence-electron chi connectivity index (χ4n) is 3.32. The van der Waals surface area contributed by atoms with Crippen LogP contribution >= 0.6 is 11.6 Å². The van der Waals surface area contributed by atoms with Crippen LogP contribution < -0.4 is 10.2 Å². The average Bonchev–Trinajstić information content (AvgIpc) is 3.22. The number of non-ortho nitro benzene ring substituents is 1. The molecule has 0 saturated carbocycles. The van der Waals surface area contributed by atoms with E-state index in [0.29, 0.717) is 16.3 Å². The molecule has 33 heavy (non-hydrogen) atoms. The molecule has 10 heteroatoms. The Morgan fingerprint density at radius 1 is 1.03 bits per heavy atom. The molecule has 1 fully saturated rings. The predicted octanol–water partition coefficient (Wildman–Crippen LogP) is 4.79. The third-order valence-corrected chi connectivity index (χ3v) is 5.53. The number of benzene rings is 2. The topological polar surface area (TPSA) is 123 Å². The van der Waals surface area contributed by atoms with E-state index in [1.54, 1.807) is 38.1 Å². The van der Waals surface area contributed by atoms with Gasteiger partial charge in [0.15, 0.2) is 0 Å². The van der Waals surface area contributed by atoms with Gasteiger partial charge in [-0.1, -0.05) is 23.7 Å². The largest absolute Gasteiger partial charge is 0.457 e. The molecule has 0 bridgehead atoms. The molecule has 0 aliphatic carbocycles. The van der Waals surface area contributed by atoms with Gasteiger partial charge in [-0.2, -0.15) is 0 Å². The van der Waals surface area contributed by atoms with E-state index >= 15 is 0 Å². The van der Waals surface area contributed by atoms with Crippen LogP contribution in [0.3, 0.4) is 0 Å². The maximum atomic E-state index is 13.0. The molecule has 1 aliphatic heterocycles. The minimum absolute atomic E-state index is 0.0975. The zero-order valence-electron chi connectivity index (χ0n) is 17.4. The molecule has 0 radical (unpaired) electrons. The van der Waals surface area contributed by atoms with Crippen molar-refractivity contribution in [1.29, 1.82) is 0 Å². The molecule has 0 atom stereocenters. The summed E-state index contributed by atoms with van der Waals surface area (Å²) in [6.45, 7) is 3.55. The van der Waals surface area contributed by atoms with Crippen molar-refractivity contribution in [2.24, 2.45) is 0 Å². The first-order chi connectivity index (χ1) is 15.7. The van der Waals surface area contributed by atoms with E-state index in [-0.39, 0.29) is 22.7 Å². The first-order valence-electron chi connectivity index (χ1n) is 9.68. The molecular formula is C23H16ClN3O6. The summed E-state index contributed by atoms with van der Waals surface area (Å²) in [4.78, 5) is 49.1. The molecular weight excluding hydrogens is 450 g/mol. The number of nitrogens with zero attached hydrogens (tertiary/aromatic N) is 2. The summed E-state index contributed by atoms with van der Waals surface area (Å²) in [5.74, 6) is -1.23. The number of furan rings is 1. The second-order valence-corrected chi connectivity index (χ2v) is 7.76. The lowest BCUT2D eigenvalue weighted by atomic mass is 10.1. The van der Waals surface area contributed by atoms with Gasteiger partial charge in [0, 0.05) is 22.7 Å². The number of barbiturate groups is 1. The molecule has 4 rings (SSSR count). The molecule has 1 saturated heterocycles. The maximum absolute atomic E-state index is 13.0. The van der Waals surface area contributed by atoms with Crippen molar-refractivity contribution < 1.29 is 23.7 Å². The van der Waals surface area contributed by atoms with Gasteiger partial charge in [-0.15, -0.1) is 0 Å². The Kier molecular flexibility index (Phi) is 5.57. The number of nitro groups is 1. The van der Waals surface area contributed by atoms with Crippen molar-refractivity contribution in [3.05, 3.63) is 86.1 Å². The Balaban J connectivity index is 1.70. The van der Waals surface area contributed by atoms with Gasteiger partial charge < -0.3 is 4.42 Å². The highest BCUT2D eigenvalue weighted by Crippen LogP contribution is 2.31. The van der Waals surface area contributed by atoms with E-state index in [1.807, 2.05) is 0 Å². The van der Waals surface area contributed by atoms with Gasteiger partial charge in [-0.3, -0.25) is 25.0 Å². The first kappa shape index (κ1) is 22.0. The summed E-state index contributed by atoms with van der Waals surface area (Å²) in [5, 5.41) is 13.6. The number of rotatable bonds is 4. The molecule has 166 valence electrons. The lowest BCUT2D eigenvalue weighted by Gasteiger charge is -2.26. The fraction of sp³-hybridized carbons (Fsp3) is 0.0870. The van der Waals surface area contributed by atoms with Crippen molar-refractivity contribution in [3.8, 4) is 11.3 Å². The minimum Gasteiger partial charge on any atom is -0.457 e. The van der Waals surface area contributed by atoms with E-state index < -0.39 is 22.8 Å². The number of aryl methyl sites for hydroxylation is 2. The molecule has 2 aromatic carbocycles. The van der Waals surface area contributed by atoms with Crippen LogP contribution in [0.4, 0.5) is 16.2 Å². The highest BCUT2D eigenvalue weighted by atomic mass is 35.5. The van der Waals surface area contributed by atoms with Gasteiger partial charge >= 0.3 is 6.03 Å². The van der Waals surface area contributed by atoms with E-state index in [0.717, 1.165) is 16.0 Å². The summed E-state index contributed by atoms with van der Waals surface area (Å²) in [5.41, 5.74) is 1.80. The molecule has 9 nitrogen and oxygen atoms in total. The number of carbonyl (C=O) groups is 3. The Morgan fingerprint density at radius 2 is 1.76 bits per heavy atom. The van der Waals surface area contributed by atoms with Crippen LogP contribution in [-0.4, -0.2) is 22.8 Å². The van der Waals surface area contributed by atoms with Gasteiger partial charge in [0.1, 0.15) is 17.1 Å². The van der Waals surface area contributed by atoms with E-state index in [1.165, 1.54) is 30.3 Å². The van der Waals surface area contributed by atoms with E-state index in [9.17, 15) is 24.5 Å². The predicted molar refractivity (Wildman–Crippen MR) is 121 cm³/mol. The van der Waals surface area contributed by atoms with E-state index in [4.69, 9.17) is 16.0 Å². The Hall–Kier alpha value is -4.24. The number of hydrogen-bond acceptors (Lipinski definition) is 6. The van der Waals surface area contributed by atoms with E-state index in [2.05, 4.69) is 5.32 Å². The highest BCUT2D eigenvalue weighted by molar-refractivity contribution is 6.39. The second-order valence-electron chi connectivity index (χ2n) is 7.35. The summed E-state index contributed by atoms with van der Waals surface area (Å²) >= 11 is 6.12. The zero-order chi connectivity index (χ0) is 23.9. The smallest absolute Gasteiger partial charge is 0.335 e. The Bertz CT molecular complexity index is 1370. The van der Waals surface area contributed by atoms with Crippen molar-refractivity contribution in [2.45, 2.75) is 13.8 Å². The molecule has 4 amide bonds. The lowest BCUT2D eigenvalue weighted by molar-refractivity contribution is -0.384. The zero-order valence-corrected chi connectivity index (χ0v) is 18.2. The molecule has 1 N–H and O–H groups in total. The van der Waals surface area contributed by atoms with Crippen LogP contribution in [0, 0.1) is 24.0 Å². The number of hydrogen-bond donors (Lipinski definition) is 1. The molecule has 3 aromatic rings. The van der Waals surface area contributed by atoms with Crippen molar-refractivity contribution in [1.82, 2.24) is 5.32 Å². The fourth-order valence-corrected chi connectivity index (χ4v) is 3.49. The maximum Gasteiger partial charge on any atom is 0.335 e. The summed E-state index contributed by atoms with van der Waals surface area (Å²) in [6.07, 6.45) is 1.21. The van der Waals surface area contributed by atoms with Crippen LogP contribution in [-0.2, 0) is 9.59 Å². The van der Waals surface area contributed by atoms with Crippen LogP contribution in [0.5, 0.6) is 0 Å². The Morgan fingerprint density at radius 3 is 2.45 bits per heavy atom. The SMILES string of the molecule is Cc1ccc(N2C(=O)NC(=O)C(=Cc3ccc(-c4cc([N+](=O)[O-])ccc4C)o3)C2=O)cc1Cl. The third kappa shape index (κ3) is 4.13. The quantitative estimate of drug-likeness (QED) is 0.256. The first-order valence-corrected chi connectivity index (χ1v) is 10.1. The van der Waals surface area contributed by atoms with Crippen molar-refractivity contribution in [3.63, 3.8) is 0 Å². The standard InChI is InChI=1S/C23H16ClN3O6/c1-12-3-6-15(27(31)32)9-17(12)20-8-7-16(33-20)11-18-21(28)25-23(30)26(22(18)29)14-5-4-13(2)19(24)10-14/h3-11H,1-2H3,(H,25,28,30). The van der Waals surface area contributed by atoms with Gasteiger partial charge in [0.05, 0.1) is 10.6 Å². The number of carbonyl (C=O) groups excluding carboxylic acids is 3. The van der Waals surface area contributed by atoms with Crippen LogP contribution in [0.25, 0.3) is 17.4 Å². The normalized spacial score (nSPS) is 15.2. The number of urea groups is 1. The number of imide groups is 2. The lowest BCUT2D eigenvalue weighted by Crippen LogP contribution is -2.54. The molecule has 2 heterocycles. The number of nitrogens with one attached hydrogen (secondary N) is 1. The average molecular weight is 466 g/mol. The molecule has 0 unspecified atom stereocenters. The van der Waals surface area contributed by atoms with Gasteiger partial charge in [0.2, 0.25) is 0 Å². The van der Waals surface area contributed by atoms with Crippen LogP contribution in [0.1, 0.15) is 16.9 Å². The van der Waals surface area contributed by atoms with Gasteiger partial charge in [0.25, 0.3) is 17.5 Å². The summed E-state index contributed by atoms with van der Waals surface area (Å²) in [7, 11) is 0. The minimum atomic E-state index is -0.894. The molecule has 1 aromatic heterocycles. The second kappa shape index (κ2) is 8.36. The van der Waals surface area contributed by atoms with Gasteiger partial charge in [-0.25, -0.2) is 9.69 Å². The number of nitro benzene ring substituents is 1. The molecule has 0 spiro atoms. The van der Waals surface area contributed by atoms with Gasteiger partial charge in [-0.05, 0) is 55.3 Å². The monoisotopic (exact) mass is 465 g/mol. The van der Waals surface area contributed by atoms with Crippen LogP contribution in [0.15, 0.2) is 58.5 Å². The van der Waals surface area contributed by atoms with Crippen molar-refractivity contribution >= 4 is 46.9 Å². The summed E-state index contributed by atoms with van der Waals surface area (Å²) < 4.78 is 5.73. The van der Waals surface area contributed by atoms with Crippen molar-refractivity contribution in [2.75, 3.05) is 4.90 Å². The third-order valence-electron chi connectivity index (χ3n) is 5.13.